The van der Waals surface area contributed by atoms with Crippen LogP contribution in [0.5, 0.6) is 0 Å². The summed E-state index contributed by atoms with van der Waals surface area (Å²) in [6.07, 6.45) is -12.0. The molecule has 3 nitrogen and oxygen atoms in total. The van der Waals surface area contributed by atoms with Crippen molar-refractivity contribution in [3.63, 3.8) is 0 Å². The van der Waals surface area contributed by atoms with E-state index in [4.69, 9.17) is 9.47 Å². The molecule has 3 atom stereocenters. The van der Waals surface area contributed by atoms with E-state index in [0.717, 1.165) is 0 Å². The Balaban J connectivity index is 1.88. The highest BCUT2D eigenvalue weighted by Gasteiger charge is 2.38. The molecule has 30 heavy (non-hydrogen) atoms. The van der Waals surface area contributed by atoms with Crippen LogP contribution in [0.1, 0.15) is 41.3 Å². The van der Waals surface area contributed by atoms with Crippen molar-refractivity contribution in [2.24, 2.45) is 0 Å². The molecule has 1 aliphatic rings. The average Bonchev–Trinajstić information content (AvgIpc) is 2.67. The summed E-state index contributed by atoms with van der Waals surface area (Å²) in [5.74, 6) is -0.454. The van der Waals surface area contributed by atoms with Gasteiger partial charge in [0.05, 0.1) is 29.9 Å². The van der Waals surface area contributed by atoms with E-state index in [2.05, 4.69) is 5.32 Å². The number of ether oxygens (including phenoxy) is 2. The quantitative estimate of drug-likeness (QED) is 0.630. The molecule has 1 fully saturated rings. The van der Waals surface area contributed by atoms with Gasteiger partial charge in [-0.05, 0) is 48.4 Å². The minimum absolute atomic E-state index is 0.0657. The maximum absolute atomic E-state index is 13.2. The molecule has 0 bridgehead atoms. The average molecular weight is 437 g/mol. The van der Waals surface area contributed by atoms with Gasteiger partial charge in [0.25, 0.3) is 0 Å². The van der Waals surface area contributed by atoms with E-state index in [9.17, 15) is 30.7 Å². The molecule has 0 unspecified atom stereocenters. The molecule has 3 rings (SSSR count). The Kier molecular flexibility index (Phi) is 6.40. The van der Waals surface area contributed by atoms with Crippen molar-refractivity contribution >= 4 is 0 Å². The molecule has 2 aromatic rings. The molecule has 0 spiro atoms. The first kappa shape index (κ1) is 22.5. The maximum atomic E-state index is 13.2. The zero-order valence-corrected chi connectivity index (χ0v) is 15.6. The van der Waals surface area contributed by atoms with Crippen LogP contribution in [0, 0.1) is 5.82 Å². The molecular formula is C20H18F7NO2. The second-order valence-corrected chi connectivity index (χ2v) is 6.84. The Morgan fingerprint density at radius 3 is 2.07 bits per heavy atom. The maximum Gasteiger partial charge on any atom is 0.416 e. The van der Waals surface area contributed by atoms with Crippen LogP contribution in [0.15, 0.2) is 42.5 Å². The van der Waals surface area contributed by atoms with E-state index in [-0.39, 0.29) is 18.2 Å². The molecule has 10 heteroatoms. The first-order valence-electron chi connectivity index (χ1n) is 9.00. The Labute approximate surface area is 167 Å². The van der Waals surface area contributed by atoms with Gasteiger partial charge >= 0.3 is 12.4 Å². The van der Waals surface area contributed by atoms with Crippen LogP contribution in [0.25, 0.3) is 0 Å². The third kappa shape index (κ3) is 5.30. The van der Waals surface area contributed by atoms with Gasteiger partial charge in [0.2, 0.25) is 0 Å². The molecule has 0 aromatic heterocycles. The normalized spacial score (nSPS) is 21.5. The molecule has 2 aromatic carbocycles. The fourth-order valence-corrected chi connectivity index (χ4v) is 3.14. The molecule has 1 saturated heterocycles. The summed E-state index contributed by atoms with van der Waals surface area (Å²) in [5.41, 5.74) is -2.52. The van der Waals surface area contributed by atoms with Crippen LogP contribution < -0.4 is 5.32 Å². The summed E-state index contributed by atoms with van der Waals surface area (Å²) in [6, 6.07) is 6.20. The largest absolute Gasteiger partial charge is 0.416 e. The second-order valence-electron chi connectivity index (χ2n) is 6.84. The van der Waals surface area contributed by atoms with Crippen LogP contribution in [0.2, 0.25) is 0 Å². The van der Waals surface area contributed by atoms with Crippen molar-refractivity contribution in [2.45, 2.75) is 37.7 Å². The van der Waals surface area contributed by atoms with Crippen LogP contribution in [-0.2, 0) is 21.8 Å². The fourth-order valence-electron chi connectivity index (χ4n) is 3.14. The summed E-state index contributed by atoms with van der Waals surface area (Å²) in [4.78, 5) is 0. The number of halogens is 7. The van der Waals surface area contributed by atoms with Gasteiger partial charge in [0.15, 0.2) is 6.29 Å². The molecule has 0 amide bonds. The SMILES string of the molecule is C[C@H](O[C@H]1OCCN[C@H]1c1ccc(F)cc1)c1cc(C(F)(F)F)cc(C(F)(F)F)c1. The van der Waals surface area contributed by atoms with E-state index in [1.54, 1.807) is 0 Å². The summed E-state index contributed by atoms with van der Waals surface area (Å²) in [5, 5.41) is 3.10. The van der Waals surface area contributed by atoms with Gasteiger partial charge in [-0.2, -0.15) is 26.3 Å². The molecule has 1 heterocycles. The zero-order chi connectivity index (χ0) is 22.1. The third-order valence-corrected chi connectivity index (χ3v) is 4.67. The number of alkyl halides is 6. The van der Waals surface area contributed by atoms with Gasteiger partial charge in [-0.1, -0.05) is 12.1 Å². The molecule has 0 saturated carbocycles. The number of hydrogen-bond acceptors (Lipinski definition) is 3. The Morgan fingerprint density at radius 1 is 0.967 bits per heavy atom. The van der Waals surface area contributed by atoms with Crippen molar-refractivity contribution in [1.29, 1.82) is 0 Å². The first-order chi connectivity index (χ1) is 13.9. The van der Waals surface area contributed by atoms with Gasteiger partial charge in [0.1, 0.15) is 5.82 Å². The Bertz CT molecular complexity index is 833. The highest BCUT2D eigenvalue weighted by molar-refractivity contribution is 5.34. The van der Waals surface area contributed by atoms with Crippen LogP contribution in [0.3, 0.4) is 0 Å². The highest BCUT2D eigenvalue weighted by atomic mass is 19.4. The molecule has 1 aliphatic heterocycles. The van der Waals surface area contributed by atoms with Crippen LogP contribution in [0.4, 0.5) is 30.7 Å². The van der Waals surface area contributed by atoms with Crippen molar-refractivity contribution < 1.29 is 40.2 Å². The summed E-state index contributed by atoms with van der Waals surface area (Å²) < 4.78 is 103. The second kappa shape index (κ2) is 8.52. The highest BCUT2D eigenvalue weighted by Crippen LogP contribution is 2.38. The van der Waals surface area contributed by atoms with Gasteiger partial charge < -0.3 is 14.8 Å². The Morgan fingerprint density at radius 2 is 1.53 bits per heavy atom. The number of nitrogens with one attached hydrogen (secondary N) is 1. The molecule has 0 aliphatic carbocycles. The van der Waals surface area contributed by atoms with Crippen LogP contribution >= 0.6 is 0 Å². The molecular weight excluding hydrogens is 419 g/mol. The molecule has 0 radical (unpaired) electrons. The lowest BCUT2D eigenvalue weighted by atomic mass is 10.0. The lowest BCUT2D eigenvalue weighted by Gasteiger charge is -2.34. The number of morpholine rings is 1. The van der Waals surface area contributed by atoms with Gasteiger partial charge in [-0.25, -0.2) is 4.39 Å². The summed E-state index contributed by atoms with van der Waals surface area (Å²) >= 11 is 0. The van der Waals surface area contributed by atoms with Crippen molar-refractivity contribution in [3.8, 4) is 0 Å². The van der Waals surface area contributed by atoms with Crippen molar-refractivity contribution in [1.82, 2.24) is 5.32 Å². The summed E-state index contributed by atoms with van der Waals surface area (Å²) in [6.45, 7) is 2.01. The van der Waals surface area contributed by atoms with E-state index < -0.39 is 47.7 Å². The zero-order valence-electron chi connectivity index (χ0n) is 15.6. The lowest BCUT2D eigenvalue weighted by Crippen LogP contribution is -2.43. The monoisotopic (exact) mass is 437 g/mol. The topological polar surface area (TPSA) is 30.5 Å². The van der Waals surface area contributed by atoms with Gasteiger partial charge in [-0.3, -0.25) is 0 Å². The minimum Gasteiger partial charge on any atom is -0.349 e. The smallest absolute Gasteiger partial charge is 0.349 e. The summed E-state index contributed by atoms with van der Waals surface area (Å²) in [7, 11) is 0. The van der Waals surface area contributed by atoms with Crippen molar-refractivity contribution in [2.75, 3.05) is 13.2 Å². The van der Waals surface area contributed by atoms with E-state index in [1.807, 2.05) is 0 Å². The van der Waals surface area contributed by atoms with E-state index in [0.29, 0.717) is 24.2 Å². The van der Waals surface area contributed by atoms with Crippen molar-refractivity contribution in [3.05, 3.63) is 70.5 Å². The van der Waals surface area contributed by atoms with E-state index >= 15 is 0 Å². The number of benzene rings is 2. The molecule has 1 N–H and O–H groups in total. The first-order valence-corrected chi connectivity index (χ1v) is 9.00. The van der Waals surface area contributed by atoms with E-state index in [1.165, 1.54) is 31.2 Å². The molecule has 164 valence electrons. The number of hydrogen-bond donors (Lipinski definition) is 1. The predicted molar refractivity (Wildman–Crippen MR) is 92.8 cm³/mol. The van der Waals surface area contributed by atoms with Gasteiger partial charge in [0, 0.05) is 6.54 Å². The number of rotatable bonds is 4. The minimum atomic E-state index is -4.95. The van der Waals surface area contributed by atoms with Gasteiger partial charge in [-0.15, -0.1) is 0 Å². The predicted octanol–water partition coefficient (Wildman–Crippen LogP) is 5.63. The third-order valence-electron chi connectivity index (χ3n) is 4.67. The standard InChI is InChI=1S/C20H18F7NO2/c1-11(13-8-14(19(22,23)24)10-15(9-13)20(25,26)27)30-18-17(28-6-7-29-18)12-2-4-16(21)5-3-12/h2-5,8-11,17-18,28H,6-7H2,1H3/t11-,17-,18+/m0/s1. The Hall–Kier alpha value is -2.17. The lowest BCUT2D eigenvalue weighted by molar-refractivity contribution is -0.200. The fraction of sp³-hybridized carbons (Fsp3) is 0.400. The van der Waals surface area contributed by atoms with Crippen LogP contribution in [-0.4, -0.2) is 19.4 Å².